The van der Waals surface area contributed by atoms with E-state index in [-0.39, 0.29) is 18.1 Å². The zero-order chi connectivity index (χ0) is 18.6. The van der Waals surface area contributed by atoms with Gasteiger partial charge in [0, 0.05) is 51.4 Å². The molecular weight excluding hydrogens is 354 g/mol. The molecule has 0 atom stereocenters. The number of benzene rings is 1. The van der Waals surface area contributed by atoms with Crippen LogP contribution in [0.2, 0.25) is 0 Å². The molecule has 0 spiro atoms. The third-order valence-electron chi connectivity index (χ3n) is 5.10. The van der Waals surface area contributed by atoms with Crippen molar-refractivity contribution in [1.82, 2.24) is 9.21 Å². The second-order valence-electron chi connectivity index (χ2n) is 6.74. The zero-order valence-electron chi connectivity index (χ0n) is 15.3. The molecule has 0 aromatic heterocycles. The number of hydrogen-bond acceptors (Lipinski definition) is 5. The van der Waals surface area contributed by atoms with Gasteiger partial charge in [0.25, 0.3) is 0 Å². The summed E-state index contributed by atoms with van der Waals surface area (Å²) >= 11 is 0. The summed E-state index contributed by atoms with van der Waals surface area (Å²) in [5, 5.41) is 0. The maximum Gasteiger partial charge on any atom is 0.223 e. The van der Waals surface area contributed by atoms with E-state index in [4.69, 9.17) is 4.74 Å². The number of ether oxygens (including phenoxy) is 1. The van der Waals surface area contributed by atoms with Crippen LogP contribution >= 0.6 is 0 Å². The Kier molecular flexibility index (Phi) is 6.03. The van der Waals surface area contributed by atoms with Crippen molar-refractivity contribution >= 4 is 21.6 Å². The van der Waals surface area contributed by atoms with Gasteiger partial charge in [-0.25, -0.2) is 12.7 Å². The van der Waals surface area contributed by atoms with E-state index in [9.17, 15) is 13.2 Å². The Balaban J connectivity index is 1.47. The molecule has 7 nitrogen and oxygen atoms in total. The highest BCUT2D eigenvalue weighted by Crippen LogP contribution is 2.21. The fraction of sp³-hybridized carbons (Fsp3) is 0.611. The largest absolute Gasteiger partial charge is 0.497 e. The molecule has 2 aliphatic heterocycles. The van der Waals surface area contributed by atoms with Crippen molar-refractivity contribution in [2.45, 2.75) is 19.3 Å². The van der Waals surface area contributed by atoms with Crippen LogP contribution in [0.5, 0.6) is 5.75 Å². The third-order valence-corrected chi connectivity index (χ3v) is 6.97. The van der Waals surface area contributed by atoms with Crippen LogP contribution in [0.25, 0.3) is 0 Å². The monoisotopic (exact) mass is 381 g/mol. The van der Waals surface area contributed by atoms with E-state index in [2.05, 4.69) is 4.90 Å². The lowest BCUT2D eigenvalue weighted by atomic mass is 10.2. The van der Waals surface area contributed by atoms with Gasteiger partial charge in [0.1, 0.15) is 5.75 Å². The van der Waals surface area contributed by atoms with E-state index in [1.165, 1.54) is 4.31 Å². The molecule has 3 rings (SSSR count). The number of carbonyl (C=O) groups excluding carboxylic acids is 1. The number of anilines is 1. The Morgan fingerprint density at radius 3 is 2.19 bits per heavy atom. The lowest BCUT2D eigenvalue weighted by Gasteiger charge is -2.36. The van der Waals surface area contributed by atoms with Gasteiger partial charge in [-0.1, -0.05) is 0 Å². The number of carbonyl (C=O) groups is 1. The number of nitrogens with zero attached hydrogens (tertiary/aromatic N) is 3. The molecule has 0 N–H and O–H groups in total. The van der Waals surface area contributed by atoms with Crippen molar-refractivity contribution in [2.75, 3.05) is 57.0 Å². The number of rotatable bonds is 6. The minimum Gasteiger partial charge on any atom is -0.497 e. The van der Waals surface area contributed by atoms with Crippen molar-refractivity contribution in [3.8, 4) is 5.75 Å². The molecule has 0 aliphatic carbocycles. The third kappa shape index (κ3) is 4.48. The fourth-order valence-electron chi connectivity index (χ4n) is 3.48. The molecule has 0 saturated carbocycles. The second-order valence-corrected chi connectivity index (χ2v) is 8.83. The number of amides is 1. The van der Waals surface area contributed by atoms with Gasteiger partial charge in [-0.3, -0.25) is 4.79 Å². The SMILES string of the molecule is COc1ccc(N2CCN(C(=O)CCS(=O)(=O)N3CCCC3)CC2)cc1. The van der Waals surface area contributed by atoms with Crippen molar-refractivity contribution < 1.29 is 17.9 Å². The van der Waals surface area contributed by atoms with Crippen LogP contribution in [0.1, 0.15) is 19.3 Å². The number of sulfonamides is 1. The molecular formula is C18H27N3O4S. The van der Waals surface area contributed by atoms with Gasteiger partial charge in [0.05, 0.1) is 12.9 Å². The number of methoxy groups -OCH3 is 1. The van der Waals surface area contributed by atoms with Crippen LogP contribution in [0.15, 0.2) is 24.3 Å². The summed E-state index contributed by atoms with van der Waals surface area (Å²) in [6.07, 6.45) is 1.91. The first-order valence-electron chi connectivity index (χ1n) is 9.14. The molecule has 0 bridgehead atoms. The Bertz CT molecular complexity index is 706. The average Bonchev–Trinajstić information content (AvgIpc) is 3.22. The summed E-state index contributed by atoms with van der Waals surface area (Å²) < 4.78 is 31.2. The summed E-state index contributed by atoms with van der Waals surface area (Å²) in [7, 11) is -1.65. The molecule has 144 valence electrons. The first-order chi connectivity index (χ1) is 12.5. The molecule has 2 saturated heterocycles. The predicted molar refractivity (Wildman–Crippen MR) is 101 cm³/mol. The summed E-state index contributed by atoms with van der Waals surface area (Å²) in [6, 6.07) is 7.88. The number of piperazine rings is 1. The standard InChI is InChI=1S/C18H27N3O4S/c1-25-17-6-4-16(5-7-17)19-11-13-20(14-12-19)18(22)8-15-26(23,24)21-9-2-3-10-21/h4-7H,2-3,8-15H2,1H3. The van der Waals surface area contributed by atoms with Gasteiger partial charge >= 0.3 is 0 Å². The topological polar surface area (TPSA) is 70.2 Å². The minimum atomic E-state index is -3.29. The number of hydrogen-bond donors (Lipinski definition) is 0. The van der Waals surface area contributed by atoms with E-state index in [0.717, 1.165) is 37.4 Å². The van der Waals surface area contributed by atoms with Gasteiger partial charge in [-0.2, -0.15) is 0 Å². The molecule has 26 heavy (non-hydrogen) atoms. The van der Waals surface area contributed by atoms with Gasteiger partial charge in [-0.15, -0.1) is 0 Å². The highest BCUT2D eigenvalue weighted by atomic mass is 32.2. The van der Waals surface area contributed by atoms with Crippen LogP contribution in [-0.2, 0) is 14.8 Å². The van der Waals surface area contributed by atoms with E-state index < -0.39 is 10.0 Å². The van der Waals surface area contributed by atoms with E-state index >= 15 is 0 Å². The van der Waals surface area contributed by atoms with Crippen LogP contribution in [-0.4, -0.2) is 75.7 Å². The van der Waals surface area contributed by atoms with Gasteiger partial charge in [0.2, 0.25) is 15.9 Å². The zero-order valence-corrected chi connectivity index (χ0v) is 16.1. The molecule has 2 heterocycles. The highest BCUT2D eigenvalue weighted by Gasteiger charge is 2.27. The maximum absolute atomic E-state index is 12.4. The molecule has 1 aromatic carbocycles. The van der Waals surface area contributed by atoms with E-state index in [1.54, 1.807) is 12.0 Å². The molecule has 8 heteroatoms. The predicted octanol–water partition coefficient (Wildman–Crippen LogP) is 1.16. The Morgan fingerprint density at radius 1 is 1.00 bits per heavy atom. The molecule has 2 fully saturated rings. The summed E-state index contributed by atoms with van der Waals surface area (Å²) in [4.78, 5) is 16.4. The summed E-state index contributed by atoms with van der Waals surface area (Å²) in [6.45, 7) is 3.92. The normalized spacial score (nSPS) is 19.0. The van der Waals surface area contributed by atoms with Crippen LogP contribution in [0.3, 0.4) is 0 Å². The molecule has 1 amide bonds. The summed E-state index contributed by atoms with van der Waals surface area (Å²) in [5.74, 6) is 0.675. The Morgan fingerprint density at radius 2 is 1.62 bits per heavy atom. The van der Waals surface area contributed by atoms with Crippen LogP contribution < -0.4 is 9.64 Å². The van der Waals surface area contributed by atoms with E-state index in [1.807, 2.05) is 24.3 Å². The fourth-order valence-corrected chi connectivity index (χ4v) is 4.98. The smallest absolute Gasteiger partial charge is 0.223 e. The Labute approximate surface area is 155 Å². The first-order valence-corrected chi connectivity index (χ1v) is 10.7. The molecule has 0 radical (unpaired) electrons. The van der Waals surface area contributed by atoms with Crippen molar-refractivity contribution in [1.29, 1.82) is 0 Å². The minimum absolute atomic E-state index is 0.0675. The average molecular weight is 381 g/mol. The second kappa shape index (κ2) is 8.26. The van der Waals surface area contributed by atoms with Crippen molar-refractivity contribution in [3.63, 3.8) is 0 Å². The lowest BCUT2D eigenvalue weighted by molar-refractivity contribution is -0.131. The van der Waals surface area contributed by atoms with Gasteiger partial charge in [-0.05, 0) is 37.1 Å². The first kappa shape index (κ1) is 19.0. The van der Waals surface area contributed by atoms with Crippen molar-refractivity contribution in [2.24, 2.45) is 0 Å². The quantitative estimate of drug-likeness (QED) is 0.740. The maximum atomic E-state index is 12.4. The van der Waals surface area contributed by atoms with E-state index in [0.29, 0.717) is 26.2 Å². The molecule has 1 aromatic rings. The van der Waals surface area contributed by atoms with Crippen LogP contribution in [0.4, 0.5) is 5.69 Å². The van der Waals surface area contributed by atoms with Crippen LogP contribution in [0, 0.1) is 0 Å². The Hall–Kier alpha value is -1.80. The van der Waals surface area contributed by atoms with Crippen molar-refractivity contribution in [3.05, 3.63) is 24.3 Å². The molecule has 0 unspecified atom stereocenters. The molecule has 2 aliphatic rings. The highest BCUT2D eigenvalue weighted by molar-refractivity contribution is 7.89. The van der Waals surface area contributed by atoms with Gasteiger partial charge < -0.3 is 14.5 Å². The lowest BCUT2D eigenvalue weighted by Crippen LogP contribution is -2.49. The summed E-state index contributed by atoms with van der Waals surface area (Å²) in [5.41, 5.74) is 1.11. The van der Waals surface area contributed by atoms with Gasteiger partial charge in [0.15, 0.2) is 0 Å².